The third kappa shape index (κ3) is 2.65. The fraction of sp³-hybridized carbons (Fsp3) is 0.500. The monoisotopic (exact) mass is 286 g/mol. The Balaban J connectivity index is 2.35. The van der Waals surface area contributed by atoms with Gasteiger partial charge in [-0.05, 0) is 24.1 Å². The van der Waals surface area contributed by atoms with Gasteiger partial charge in [-0.3, -0.25) is 0 Å². The van der Waals surface area contributed by atoms with Crippen molar-refractivity contribution in [2.24, 2.45) is 5.73 Å². The van der Waals surface area contributed by atoms with Gasteiger partial charge in [0.25, 0.3) is 0 Å². The second kappa shape index (κ2) is 5.18. The molecule has 0 bridgehead atoms. The summed E-state index contributed by atoms with van der Waals surface area (Å²) in [6.45, 7) is 1.89. The van der Waals surface area contributed by atoms with E-state index in [9.17, 15) is 18.6 Å². The zero-order valence-corrected chi connectivity index (χ0v) is 11.5. The fourth-order valence-electron chi connectivity index (χ4n) is 2.20. The van der Waals surface area contributed by atoms with Crippen LogP contribution in [0.1, 0.15) is 11.1 Å². The minimum atomic E-state index is -3.69. The Morgan fingerprint density at radius 2 is 1.89 bits per heavy atom. The maximum Gasteiger partial charge on any atom is 0.243 e. The molecule has 1 aromatic carbocycles. The summed E-state index contributed by atoms with van der Waals surface area (Å²) in [7, 11) is -3.69. The van der Waals surface area contributed by atoms with Crippen LogP contribution in [-0.2, 0) is 16.6 Å². The van der Waals surface area contributed by atoms with Crippen molar-refractivity contribution in [1.29, 1.82) is 0 Å². The van der Waals surface area contributed by atoms with Crippen molar-refractivity contribution in [3.63, 3.8) is 0 Å². The van der Waals surface area contributed by atoms with Crippen molar-refractivity contribution in [3.8, 4) is 0 Å². The van der Waals surface area contributed by atoms with E-state index < -0.39 is 22.2 Å². The molecule has 4 N–H and O–H groups in total. The highest BCUT2D eigenvalue weighted by Gasteiger charge is 2.37. The topological polar surface area (TPSA) is 104 Å². The highest BCUT2D eigenvalue weighted by Crippen LogP contribution is 2.24. The van der Waals surface area contributed by atoms with Gasteiger partial charge in [0.2, 0.25) is 10.0 Å². The standard InChI is InChI=1S/C12H18N2O4S/c1-8-4-9(5-13)2-3-12(8)19(17,18)14-6-10(15)11(16)7-14/h2-4,10-11,15-16H,5-7,13H2,1H3. The molecule has 1 aliphatic heterocycles. The number of aryl methyl sites for hydroxylation is 1. The minimum Gasteiger partial charge on any atom is -0.389 e. The Labute approximate surface area is 112 Å². The summed E-state index contributed by atoms with van der Waals surface area (Å²) < 4.78 is 25.9. The van der Waals surface area contributed by atoms with Gasteiger partial charge >= 0.3 is 0 Å². The number of sulfonamides is 1. The van der Waals surface area contributed by atoms with Crippen molar-refractivity contribution < 1.29 is 18.6 Å². The Morgan fingerprint density at radius 3 is 2.37 bits per heavy atom. The Morgan fingerprint density at radius 1 is 1.32 bits per heavy atom. The smallest absolute Gasteiger partial charge is 0.243 e. The maximum atomic E-state index is 12.4. The molecule has 0 radical (unpaired) electrons. The SMILES string of the molecule is Cc1cc(CN)ccc1S(=O)(=O)N1CC(O)C(O)C1. The number of nitrogens with two attached hydrogens (primary N) is 1. The Kier molecular flexibility index (Phi) is 3.93. The quantitative estimate of drug-likeness (QED) is 0.673. The van der Waals surface area contributed by atoms with Crippen molar-refractivity contribution in [2.45, 2.75) is 30.6 Å². The lowest BCUT2D eigenvalue weighted by Crippen LogP contribution is -2.30. The number of aliphatic hydroxyl groups excluding tert-OH is 2. The highest BCUT2D eigenvalue weighted by molar-refractivity contribution is 7.89. The zero-order valence-electron chi connectivity index (χ0n) is 10.7. The zero-order chi connectivity index (χ0) is 14.2. The second-order valence-corrected chi connectivity index (χ2v) is 6.67. The normalized spacial score (nSPS) is 24.8. The molecule has 6 nitrogen and oxygen atoms in total. The lowest BCUT2D eigenvalue weighted by atomic mass is 10.1. The average molecular weight is 286 g/mol. The molecule has 0 aromatic heterocycles. The van der Waals surface area contributed by atoms with Gasteiger partial charge in [0, 0.05) is 19.6 Å². The van der Waals surface area contributed by atoms with Crippen molar-refractivity contribution in [2.75, 3.05) is 13.1 Å². The number of β-amino-alcohol motifs (C(OH)–C–C–N with tert-alkyl or cyclic N) is 2. The van der Waals surface area contributed by atoms with E-state index in [4.69, 9.17) is 5.73 Å². The van der Waals surface area contributed by atoms with Gasteiger partial charge in [-0.2, -0.15) is 4.31 Å². The molecule has 7 heteroatoms. The third-order valence-electron chi connectivity index (χ3n) is 3.32. The lowest BCUT2D eigenvalue weighted by molar-refractivity contribution is 0.0572. The number of hydrogen-bond acceptors (Lipinski definition) is 5. The Bertz CT molecular complexity index is 563. The molecule has 2 unspecified atom stereocenters. The first-order valence-electron chi connectivity index (χ1n) is 6.02. The number of hydrogen-bond donors (Lipinski definition) is 3. The van der Waals surface area contributed by atoms with Crippen LogP contribution in [0.25, 0.3) is 0 Å². The van der Waals surface area contributed by atoms with Crippen LogP contribution in [0.2, 0.25) is 0 Å². The first kappa shape index (κ1) is 14.4. The molecular weight excluding hydrogens is 268 g/mol. The number of nitrogens with zero attached hydrogens (tertiary/aromatic N) is 1. The molecule has 1 saturated heterocycles. The van der Waals surface area contributed by atoms with Gasteiger partial charge in [-0.15, -0.1) is 0 Å². The molecule has 106 valence electrons. The summed E-state index contributed by atoms with van der Waals surface area (Å²) in [5.41, 5.74) is 6.98. The van der Waals surface area contributed by atoms with Crippen LogP contribution in [0.15, 0.2) is 23.1 Å². The molecule has 2 rings (SSSR count). The molecule has 0 aliphatic carbocycles. The summed E-state index contributed by atoms with van der Waals surface area (Å²) in [6.07, 6.45) is -2.06. The summed E-state index contributed by atoms with van der Waals surface area (Å²) in [5, 5.41) is 18.9. The van der Waals surface area contributed by atoms with Crippen molar-refractivity contribution in [1.82, 2.24) is 4.31 Å². The molecule has 0 amide bonds. The first-order chi connectivity index (χ1) is 8.86. The maximum absolute atomic E-state index is 12.4. The fourth-order valence-corrected chi connectivity index (χ4v) is 3.88. The molecule has 1 aliphatic rings. The van der Waals surface area contributed by atoms with E-state index in [0.717, 1.165) is 9.87 Å². The van der Waals surface area contributed by atoms with Crippen LogP contribution in [0.5, 0.6) is 0 Å². The van der Waals surface area contributed by atoms with Crippen LogP contribution in [0.3, 0.4) is 0 Å². The number of aliphatic hydroxyl groups is 2. The van der Waals surface area contributed by atoms with Gasteiger partial charge in [0.15, 0.2) is 0 Å². The Hall–Kier alpha value is -0.990. The molecule has 0 spiro atoms. The summed E-state index contributed by atoms with van der Waals surface area (Å²) in [4.78, 5) is 0.186. The summed E-state index contributed by atoms with van der Waals surface area (Å²) in [6, 6.07) is 4.92. The van der Waals surface area contributed by atoms with Crippen LogP contribution in [-0.4, -0.2) is 48.2 Å². The van der Waals surface area contributed by atoms with E-state index in [1.54, 1.807) is 19.1 Å². The van der Waals surface area contributed by atoms with Gasteiger partial charge in [-0.1, -0.05) is 12.1 Å². The van der Waals surface area contributed by atoms with E-state index >= 15 is 0 Å². The highest BCUT2D eigenvalue weighted by atomic mass is 32.2. The van der Waals surface area contributed by atoms with E-state index in [0.29, 0.717) is 12.1 Å². The van der Waals surface area contributed by atoms with Crippen LogP contribution in [0.4, 0.5) is 0 Å². The van der Waals surface area contributed by atoms with Crippen LogP contribution < -0.4 is 5.73 Å². The van der Waals surface area contributed by atoms with Crippen LogP contribution in [0, 0.1) is 6.92 Å². The molecule has 0 saturated carbocycles. The molecule has 19 heavy (non-hydrogen) atoms. The number of rotatable bonds is 3. The summed E-state index contributed by atoms with van der Waals surface area (Å²) >= 11 is 0. The van der Waals surface area contributed by atoms with Gasteiger partial charge in [0.05, 0.1) is 17.1 Å². The minimum absolute atomic E-state index is 0.0818. The molecule has 1 fully saturated rings. The lowest BCUT2D eigenvalue weighted by Gasteiger charge is -2.17. The second-order valence-electron chi connectivity index (χ2n) is 4.76. The molecule has 1 heterocycles. The predicted octanol–water partition coefficient (Wildman–Crippen LogP) is -0.820. The number of benzene rings is 1. The van der Waals surface area contributed by atoms with E-state index in [-0.39, 0.29) is 18.0 Å². The molecule has 2 atom stereocenters. The van der Waals surface area contributed by atoms with Gasteiger partial charge in [0.1, 0.15) is 0 Å². The predicted molar refractivity (Wildman–Crippen MR) is 69.8 cm³/mol. The van der Waals surface area contributed by atoms with Crippen LogP contribution >= 0.6 is 0 Å². The summed E-state index contributed by atoms with van der Waals surface area (Å²) in [5.74, 6) is 0. The first-order valence-corrected chi connectivity index (χ1v) is 7.46. The van der Waals surface area contributed by atoms with Crippen molar-refractivity contribution in [3.05, 3.63) is 29.3 Å². The van der Waals surface area contributed by atoms with Gasteiger partial charge < -0.3 is 15.9 Å². The average Bonchev–Trinajstić information content (AvgIpc) is 2.70. The van der Waals surface area contributed by atoms with Crippen molar-refractivity contribution >= 4 is 10.0 Å². The largest absolute Gasteiger partial charge is 0.389 e. The molecular formula is C12H18N2O4S. The molecule has 1 aromatic rings. The van der Waals surface area contributed by atoms with E-state index in [1.807, 2.05) is 0 Å². The van der Waals surface area contributed by atoms with Gasteiger partial charge in [-0.25, -0.2) is 8.42 Å². The van der Waals surface area contributed by atoms with E-state index in [2.05, 4.69) is 0 Å². The van der Waals surface area contributed by atoms with E-state index in [1.165, 1.54) is 6.07 Å². The third-order valence-corrected chi connectivity index (χ3v) is 5.31.